The molecule has 2 aromatic carbocycles. The summed E-state index contributed by atoms with van der Waals surface area (Å²) in [6.07, 6.45) is 0. The van der Waals surface area contributed by atoms with Crippen molar-refractivity contribution in [2.24, 2.45) is 5.73 Å². The third-order valence-corrected chi connectivity index (χ3v) is 2.76. The Morgan fingerprint density at radius 3 is 2.61 bits per heavy atom. The van der Waals surface area contributed by atoms with Gasteiger partial charge in [0.2, 0.25) is 0 Å². The minimum Gasteiger partial charge on any atom is -0.380 e. The van der Waals surface area contributed by atoms with Crippen LogP contribution >= 0.6 is 0 Å². The highest BCUT2D eigenvalue weighted by Crippen LogP contribution is 2.15. The van der Waals surface area contributed by atoms with Gasteiger partial charge in [0.15, 0.2) is 0 Å². The number of rotatable bonds is 4. The van der Waals surface area contributed by atoms with Crippen molar-refractivity contribution in [2.45, 2.75) is 13.1 Å². The van der Waals surface area contributed by atoms with E-state index in [1.807, 2.05) is 36.4 Å². The Labute approximate surface area is 107 Å². The van der Waals surface area contributed by atoms with E-state index in [2.05, 4.69) is 17.5 Å². The van der Waals surface area contributed by atoms with Gasteiger partial charge in [-0.25, -0.2) is 0 Å². The zero-order valence-corrected chi connectivity index (χ0v) is 10.1. The SMILES string of the molecule is N#Cc1ccccc1NCc1cccc(CN)c1. The molecule has 0 radical (unpaired) electrons. The van der Waals surface area contributed by atoms with Crippen molar-refractivity contribution in [1.82, 2.24) is 0 Å². The molecular weight excluding hydrogens is 222 g/mol. The standard InChI is InChI=1S/C15H15N3/c16-9-12-4-3-5-13(8-12)11-18-15-7-2-1-6-14(15)10-17/h1-8,18H,9,11,16H2. The Hall–Kier alpha value is -2.31. The second-order valence-corrected chi connectivity index (χ2v) is 4.04. The van der Waals surface area contributed by atoms with Gasteiger partial charge in [0.25, 0.3) is 0 Å². The molecule has 0 spiro atoms. The van der Waals surface area contributed by atoms with Gasteiger partial charge >= 0.3 is 0 Å². The first-order valence-electron chi connectivity index (χ1n) is 5.84. The van der Waals surface area contributed by atoms with Gasteiger partial charge in [0.1, 0.15) is 6.07 Å². The van der Waals surface area contributed by atoms with Crippen LogP contribution in [-0.2, 0) is 13.1 Å². The molecule has 3 N–H and O–H groups in total. The fourth-order valence-electron chi connectivity index (χ4n) is 1.80. The Morgan fingerprint density at radius 1 is 1.06 bits per heavy atom. The molecule has 3 heteroatoms. The molecule has 2 aromatic rings. The molecule has 2 rings (SSSR count). The number of hydrogen-bond donors (Lipinski definition) is 2. The normalized spacial score (nSPS) is 9.78. The van der Waals surface area contributed by atoms with Crippen LogP contribution in [0.2, 0.25) is 0 Å². The summed E-state index contributed by atoms with van der Waals surface area (Å²) in [5.74, 6) is 0. The molecule has 18 heavy (non-hydrogen) atoms. The van der Waals surface area contributed by atoms with E-state index in [1.165, 1.54) is 0 Å². The first-order valence-corrected chi connectivity index (χ1v) is 5.84. The van der Waals surface area contributed by atoms with Crippen LogP contribution in [0.25, 0.3) is 0 Å². The number of para-hydroxylation sites is 1. The van der Waals surface area contributed by atoms with E-state index < -0.39 is 0 Å². The van der Waals surface area contributed by atoms with Crippen molar-refractivity contribution in [3.8, 4) is 6.07 Å². The summed E-state index contributed by atoms with van der Waals surface area (Å²) in [6, 6.07) is 17.8. The first kappa shape index (κ1) is 12.2. The molecule has 0 atom stereocenters. The van der Waals surface area contributed by atoms with E-state index in [1.54, 1.807) is 6.07 Å². The van der Waals surface area contributed by atoms with Gasteiger partial charge in [-0.2, -0.15) is 5.26 Å². The van der Waals surface area contributed by atoms with Crippen molar-refractivity contribution in [3.63, 3.8) is 0 Å². The predicted octanol–water partition coefficient (Wildman–Crippen LogP) is 2.63. The van der Waals surface area contributed by atoms with Gasteiger partial charge in [0.05, 0.1) is 11.3 Å². The summed E-state index contributed by atoms with van der Waals surface area (Å²) in [6.45, 7) is 1.23. The van der Waals surface area contributed by atoms with Crippen LogP contribution in [-0.4, -0.2) is 0 Å². The monoisotopic (exact) mass is 237 g/mol. The van der Waals surface area contributed by atoms with Crippen molar-refractivity contribution < 1.29 is 0 Å². The zero-order valence-electron chi connectivity index (χ0n) is 10.1. The van der Waals surface area contributed by atoms with Crippen LogP contribution in [0.15, 0.2) is 48.5 Å². The summed E-state index contributed by atoms with van der Waals surface area (Å²) >= 11 is 0. The lowest BCUT2D eigenvalue weighted by atomic mass is 10.1. The molecule has 0 amide bonds. The topological polar surface area (TPSA) is 61.8 Å². The summed E-state index contributed by atoms with van der Waals surface area (Å²) in [5.41, 5.74) is 9.40. The lowest BCUT2D eigenvalue weighted by Crippen LogP contribution is -2.03. The van der Waals surface area contributed by atoms with E-state index in [-0.39, 0.29) is 0 Å². The molecule has 0 saturated heterocycles. The van der Waals surface area contributed by atoms with Crippen LogP contribution in [0.3, 0.4) is 0 Å². The Kier molecular flexibility index (Phi) is 3.95. The lowest BCUT2D eigenvalue weighted by molar-refractivity contribution is 1.05. The molecule has 0 unspecified atom stereocenters. The summed E-state index contributed by atoms with van der Waals surface area (Å²) in [5, 5.41) is 12.3. The maximum absolute atomic E-state index is 8.99. The highest BCUT2D eigenvalue weighted by atomic mass is 14.9. The third kappa shape index (κ3) is 2.88. The summed E-state index contributed by atoms with van der Waals surface area (Å²) in [7, 11) is 0. The van der Waals surface area contributed by atoms with Crippen LogP contribution in [0.1, 0.15) is 16.7 Å². The van der Waals surface area contributed by atoms with Crippen molar-refractivity contribution in [2.75, 3.05) is 5.32 Å². The minimum absolute atomic E-state index is 0.544. The van der Waals surface area contributed by atoms with Crippen molar-refractivity contribution >= 4 is 5.69 Å². The van der Waals surface area contributed by atoms with Crippen LogP contribution in [0.4, 0.5) is 5.69 Å². The molecule has 0 aliphatic carbocycles. The van der Waals surface area contributed by atoms with Crippen LogP contribution in [0, 0.1) is 11.3 Å². The van der Waals surface area contributed by atoms with Gasteiger partial charge in [-0.05, 0) is 23.3 Å². The number of nitrogens with zero attached hydrogens (tertiary/aromatic N) is 1. The number of benzene rings is 2. The second-order valence-electron chi connectivity index (χ2n) is 4.04. The number of hydrogen-bond acceptors (Lipinski definition) is 3. The van der Waals surface area contributed by atoms with Gasteiger partial charge in [-0.15, -0.1) is 0 Å². The molecule has 0 aromatic heterocycles. The van der Waals surface area contributed by atoms with Gasteiger partial charge in [0, 0.05) is 13.1 Å². The van der Waals surface area contributed by atoms with E-state index in [4.69, 9.17) is 11.0 Å². The fraction of sp³-hybridized carbons (Fsp3) is 0.133. The molecule has 0 fully saturated rings. The predicted molar refractivity (Wildman–Crippen MR) is 72.8 cm³/mol. The largest absolute Gasteiger partial charge is 0.380 e. The molecule has 0 bridgehead atoms. The fourth-order valence-corrected chi connectivity index (χ4v) is 1.80. The molecule has 3 nitrogen and oxygen atoms in total. The van der Waals surface area contributed by atoms with Gasteiger partial charge in [-0.1, -0.05) is 36.4 Å². The molecule has 0 aliphatic heterocycles. The molecule has 90 valence electrons. The maximum Gasteiger partial charge on any atom is 0.101 e. The van der Waals surface area contributed by atoms with Crippen molar-refractivity contribution in [3.05, 3.63) is 65.2 Å². The molecular formula is C15H15N3. The number of nitriles is 1. The Morgan fingerprint density at radius 2 is 1.83 bits per heavy atom. The van der Waals surface area contributed by atoms with Gasteiger partial charge in [-0.3, -0.25) is 0 Å². The number of nitrogens with one attached hydrogen (secondary N) is 1. The Balaban J connectivity index is 2.09. The number of nitrogens with two attached hydrogens (primary N) is 1. The number of anilines is 1. The van der Waals surface area contributed by atoms with E-state index >= 15 is 0 Å². The maximum atomic E-state index is 8.99. The summed E-state index contributed by atoms with van der Waals surface area (Å²) in [4.78, 5) is 0. The third-order valence-electron chi connectivity index (χ3n) is 2.76. The van der Waals surface area contributed by atoms with Crippen LogP contribution < -0.4 is 11.1 Å². The Bertz CT molecular complexity index is 570. The zero-order chi connectivity index (χ0) is 12.8. The minimum atomic E-state index is 0.544. The average molecular weight is 237 g/mol. The highest BCUT2D eigenvalue weighted by molar-refractivity contribution is 5.57. The smallest absolute Gasteiger partial charge is 0.101 e. The van der Waals surface area contributed by atoms with E-state index in [0.29, 0.717) is 18.7 Å². The average Bonchev–Trinajstić information content (AvgIpc) is 2.45. The van der Waals surface area contributed by atoms with E-state index in [0.717, 1.165) is 16.8 Å². The lowest BCUT2D eigenvalue weighted by Gasteiger charge is -2.09. The van der Waals surface area contributed by atoms with Crippen LogP contribution in [0.5, 0.6) is 0 Å². The molecule has 0 aliphatic rings. The van der Waals surface area contributed by atoms with Crippen molar-refractivity contribution in [1.29, 1.82) is 5.26 Å². The quantitative estimate of drug-likeness (QED) is 0.859. The van der Waals surface area contributed by atoms with Gasteiger partial charge < -0.3 is 11.1 Å². The van der Waals surface area contributed by atoms with E-state index in [9.17, 15) is 0 Å². The summed E-state index contributed by atoms with van der Waals surface area (Å²) < 4.78 is 0. The molecule has 0 saturated carbocycles. The second kappa shape index (κ2) is 5.85. The highest BCUT2D eigenvalue weighted by Gasteiger charge is 2.00. The molecule has 0 heterocycles. The first-order chi connectivity index (χ1) is 8.83.